The number of carbonyl (C=O) groups is 2. The molecule has 0 spiro atoms. The summed E-state index contributed by atoms with van der Waals surface area (Å²) in [7, 11) is 1.55. The van der Waals surface area contributed by atoms with Crippen LogP contribution in [-0.4, -0.2) is 25.5 Å². The average molecular weight is 235 g/mol. The summed E-state index contributed by atoms with van der Waals surface area (Å²) in [4.78, 5) is 22.4. The van der Waals surface area contributed by atoms with E-state index in [1.54, 1.807) is 25.3 Å². The molecule has 2 amide bonds. The second kappa shape index (κ2) is 4.42. The Morgan fingerprint density at radius 2 is 2.35 bits per heavy atom. The largest absolute Gasteiger partial charge is 0.497 e. The van der Waals surface area contributed by atoms with Gasteiger partial charge in [0, 0.05) is 11.3 Å². The monoisotopic (exact) mass is 235 g/mol. The lowest BCUT2D eigenvalue weighted by Crippen LogP contribution is -2.34. The van der Waals surface area contributed by atoms with Crippen LogP contribution in [0, 0.1) is 0 Å². The SMILES string of the molecule is COc1ccc2c(c1)C(NCC(N)=O)C(=O)N2. The van der Waals surface area contributed by atoms with Gasteiger partial charge in [-0.05, 0) is 18.2 Å². The smallest absolute Gasteiger partial charge is 0.246 e. The van der Waals surface area contributed by atoms with E-state index in [1.807, 2.05) is 0 Å². The fraction of sp³-hybridized carbons (Fsp3) is 0.273. The third-order valence-corrected chi connectivity index (χ3v) is 2.57. The van der Waals surface area contributed by atoms with E-state index in [2.05, 4.69) is 10.6 Å². The molecule has 0 fully saturated rings. The van der Waals surface area contributed by atoms with Crippen LogP contribution in [0.2, 0.25) is 0 Å². The van der Waals surface area contributed by atoms with Gasteiger partial charge in [-0.25, -0.2) is 0 Å². The van der Waals surface area contributed by atoms with Crippen molar-refractivity contribution in [3.8, 4) is 5.75 Å². The number of nitrogens with one attached hydrogen (secondary N) is 2. The van der Waals surface area contributed by atoms with Gasteiger partial charge in [-0.2, -0.15) is 0 Å². The lowest BCUT2D eigenvalue weighted by molar-refractivity contribution is -0.119. The molecule has 2 rings (SSSR count). The van der Waals surface area contributed by atoms with E-state index in [9.17, 15) is 9.59 Å². The minimum Gasteiger partial charge on any atom is -0.497 e. The number of primary amides is 1. The zero-order valence-corrected chi connectivity index (χ0v) is 9.32. The summed E-state index contributed by atoms with van der Waals surface area (Å²) in [5.74, 6) is -0.0465. The average Bonchev–Trinajstić information content (AvgIpc) is 2.61. The number of amides is 2. The molecule has 1 aliphatic heterocycles. The maximum atomic E-state index is 11.7. The molecule has 0 bridgehead atoms. The number of benzene rings is 1. The molecule has 1 atom stereocenters. The molecule has 1 unspecified atom stereocenters. The number of hydrogen-bond donors (Lipinski definition) is 3. The molecule has 0 aromatic heterocycles. The highest BCUT2D eigenvalue weighted by Gasteiger charge is 2.30. The molecule has 4 N–H and O–H groups in total. The van der Waals surface area contributed by atoms with Gasteiger partial charge in [-0.1, -0.05) is 0 Å². The summed E-state index contributed by atoms with van der Waals surface area (Å²) in [6, 6.07) is 4.71. The van der Waals surface area contributed by atoms with Crippen molar-refractivity contribution in [1.29, 1.82) is 0 Å². The van der Waals surface area contributed by atoms with E-state index >= 15 is 0 Å². The van der Waals surface area contributed by atoms with Gasteiger partial charge in [-0.15, -0.1) is 0 Å². The molecule has 0 aliphatic carbocycles. The third-order valence-electron chi connectivity index (χ3n) is 2.57. The van der Waals surface area contributed by atoms with E-state index in [1.165, 1.54) is 0 Å². The first kappa shape index (κ1) is 11.4. The zero-order chi connectivity index (χ0) is 12.4. The third kappa shape index (κ3) is 2.21. The molecule has 1 aromatic rings. The van der Waals surface area contributed by atoms with Crippen LogP contribution in [0.5, 0.6) is 5.75 Å². The minimum atomic E-state index is -0.562. The van der Waals surface area contributed by atoms with E-state index in [0.29, 0.717) is 5.75 Å². The van der Waals surface area contributed by atoms with Gasteiger partial charge < -0.3 is 15.8 Å². The molecule has 0 saturated carbocycles. The van der Waals surface area contributed by atoms with Crippen molar-refractivity contribution in [3.05, 3.63) is 23.8 Å². The molecule has 6 nitrogen and oxygen atoms in total. The Hall–Kier alpha value is -2.08. The summed E-state index contributed by atoms with van der Waals surface area (Å²) < 4.78 is 5.09. The number of nitrogens with two attached hydrogens (primary N) is 1. The van der Waals surface area contributed by atoms with Crippen LogP contribution in [-0.2, 0) is 9.59 Å². The van der Waals surface area contributed by atoms with Crippen LogP contribution in [0.1, 0.15) is 11.6 Å². The number of rotatable bonds is 4. The Kier molecular flexibility index (Phi) is 2.97. The van der Waals surface area contributed by atoms with Gasteiger partial charge in [0.05, 0.1) is 13.7 Å². The van der Waals surface area contributed by atoms with Gasteiger partial charge in [0.1, 0.15) is 11.8 Å². The standard InChI is InChI=1S/C11H13N3O3/c1-17-6-2-3-8-7(4-6)10(11(16)14-8)13-5-9(12)15/h2-4,10,13H,5H2,1H3,(H2,12,15)(H,14,16). The van der Waals surface area contributed by atoms with Crippen molar-refractivity contribution in [1.82, 2.24) is 5.32 Å². The summed E-state index contributed by atoms with van der Waals surface area (Å²) in [5, 5.41) is 5.51. The first-order valence-electron chi connectivity index (χ1n) is 5.12. The summed E-state index contributed by atoms with van der Waals surface area (Å²) in [5.41, 5.74) is 6.51. The normalized spacial score (nSPS) is 17.5. The molecular formula is C11H13N3O3. The van der Waals surface area contributed by atoms with Crippen LogP contribution in [0.15, 0.2) is 18.2 Å². The first-order chi connectivity index (χ1) is 8.11. The second-order valence-electron chi connectivity index (χ2n) is 3.72. The lowest BCUT2D eigenvalue weighted by Gasteiger charge is -2.10. The lowest BCUT2D eigenvalue weighted by atomic mass is 10.1. The van der Waals surface area contributed by atoms with Crippen LogP contribution in [0.25, 0.3) is 0 Å². The Bertz CT molecular complexity index is 473. The fourth-order valence-corrected chi connectivity index (χ4v) is 1.77. The summed E-state index contributed by atoms with van der Waals surface area (Å²) in [6.07, 6.45) is 0. The molecule has 6 heteroatoms. The predicted octanol–water partition coefficient (Wildman–Crippen LogP) is -0.237. The zero-order valence-electron chi connectivity index (χ0n) is 9.32. The number of carbonyl (C=O) groups excluding carboxylic acids is 2. The highest BCUT2D eigenvalue weighted by atomic mass is 16.5. The van der Waals surface area contributed by atoms with Crippen LogP contribution < -0.4 is 21.1 Å². The van der Waals surface area contributed by atoms with E-state index in [-0.39, 0.29) is 12.5 Å². The molecule has 0 radical (unpaired) electrons. The van der Waals surface area contributed by atoms with Crippen LogP contribution in [0.4, 0.5) is 5.69 Å². The molecule has 1 aromatic carbocycles. The van der Waals surface area contributed by atoms with Crippen molar-refractivity contribution < 1.29 is 14.3 Å². The number of hydrogen-bond acceptors (Lipinski definition) is 4. The van der Waals surface area contributed by atoms with Crippen LogP contribution in [0.3, 0.4) is 0 Å². The van der Waals surface area contributed by atoms with E-state index < -0.39 is 11.9 Å². The quantitative estimate of drug-likeness (QED) is 0.671. The molecule has 1 aliphatic rings. The highest BCUT2D eigenvalue weighted by Crippen LogP contribution is 2.33. The van der Waals surface area contributed by atoms with Gasteiger partial charge in [0.25, 0.3) is 0 Å². The molecule has 17 heavy (non-hydrogen) atoms. The van der Waals surface area contributed by atoms with E-state index in [4.69, 9.17) is 10.5 Å². The van der Waals surface area contributed by atoms with Crippen molar-refractivity contribution >= 4 is 17.5 Å². The number of methoxy groups -OCH3 is 1. The van der Waals surface area contributed by atoms with Gasteiger partial charge in [0.15, 0.2) is 0 Å². The van der Waals surface area contributed by atoms with Gasteiger partial charge in [-0.3, -0.25) is 14.9 Å². The van der Waals surface area contributed by atoms with Crippen molar-refractivity contribution in [3.63, 3.8) is 0 Å². The van der Waals surface area contributed by atoms with Gasteiger partial charge in [0.2, 0.25) is 11.8 Å². The number of ether oxygens (including phenoxy) is 1. The van der Waals surface area contributed by atoms with Crippen molar-refractivity contribution in [2.45, 2.75) is 6.04 Å². The van der Waals surface area contributed by atoms with Crippen LogP contribution >= 0.6 is 0 Å². The maximum absolute atomic E-state index is 11.7. The first-order valence-corrected chi connectivity index (χ1v) is 5.12. The summed E-state index contributed by atoms with van der Waals surface area (Å²) in [6.45, 7) is -0.0469. The Balaban J connectivity index is 2.25. The number of anilines is 1. The maximum Gasteiger partial charge on any atom is 0.246 e. The van der Waals surface area contributed by atoms with E-state index in [0.717, 1.165) is 11.3 Å². The Labute approximate surface area is 98.1 Å². The van der Waals surface area contributed by atoms with Gasteiger partial charge >= 0.3 is 0 Å². The Morgan fingerprint density at radius 1 is 1.59 bits per heavy atom. The van der Waals surface area contributed by atoms with Crippen molar-refractivity contribution in [2.75, 3.05) is 19.0 Å². The molecular weight excluding hydrogens is 222 g/mol. The molecule has 1 heterocycles. The number of fused-ring (bicyclic) bond motifs is 1. The van der Waals surface area contributed by atoms with Crippen molar-refractivity contribution in [2.24, 2.45) is 5.73 Å². The topological polar surface area (TPSA) is 93.4 Å². The Morgan fingerprint density at radius 3 is 3.00 bits per heavy atom. The highest BCUT2D eigenvalue weighted by molar-refractivity contribution is 6.03. The summed E-state index contributed by atoms with van der Waals surface area (Å²) >= 11 is 0. The fourth-order valence-electron chi connectivity index (χ4n) is 1.77. The minimum absolute atomic E-state index is 0.0469. The molecule has 0 saturated heterocycles. The second-order valence-corrected chi connectivity index (χ2v) is 3.72. The molecule has 90 valence electrons. The predicted molar refractivity (Wildman–Crippen MR) is 61.6 cm³/mol.